The van der Waals surface area contributed by atoms with E-state index >= 15 is 0 Å². The zero-order valence-corrected chi connectivity index (χ0v) is 11.0. The van der Waals surface area contributed by atoms with Crippen LogP contribution in [0.3, 0.4) is 0 Å². The number of aryl methyl sites for hydroxylation is 1. The molecular formula is C13H17NO2S. The molecule has 0 N–H and O–H groups in total. The average molecular weight is 251 g/mol. The molecule has 1 unspecified atom stereocenters. The van der Waals surface area contributed by atoms with Crippen molar-refractivity contribution in [1.29, 1.82) is 0 Å². The van der Waals surface area contributed by atoms with E-state index in [-0.39, 0.29) is 11.3 Å². The highest BCUT2D eigenvalue weighted by atomic mass is 32.2. The predicted molar refractivity (Wildman–Crippen MR) is 69.8 cm³/mol. The molecule has 0 bridgehead atoms. The van der Waals surface area contributed by atoms with E-state index in [9.17, 15) is 4.79 Å². The maximum Gasteiger partial charge on any atom is 0.234 e. The van der Waals surface area contributed by atoms with Gasteiger partial charge in [0.1, 0.15) is 16.9 Å². The lowest BCUT2D eigenvalue weighted by atomic mass is 10.3. The van der Waals surface area contributed by atoms with Crippen LogP contribution in [0.1, 0.15) is 30.7 Å². The Kier molecular flexibility index (Phi) is 3.62. The van der Waals surface area contributed by atoms with Crippen molar-refractivity contribution >= 4 is 17.7 Å². The standard InChI is InChI=1S/C13H17NO2S/c1-4-10-5-6-11(16-10)13-14(7-9(2)3)12(15)8-17-13/h5-6,13H,2,4,7-8H2,1,3H3. The van der Waals surface area contributed by atoms with Crippen molar-refractivity contribution in [3.63, 3.8) is 0 Å². The Labute approximate surface area is 106 Å². The van der Waals surface area contributed by atoms with E-state index in [1.807, 2.05) is 24.0 Å². The van der Waals surface area contributed by atoms with E-state index in [1.165, 1.54) is 0 Å². The molecule has 2 rings (SSSR count). The van der Waals surface area contributed by atoms with E-state index in [0.29, 0.717) is 12.3 Å². The quantitative estimate of drug-likeness (QED) is 0.771. The van der Waals surface area contributed by atoms with Crippen LogP contribution in [0.4, 0.5) is 0 Å². The monoisotopic (exact) mass is 251 g/mol. The Morgan fingerprint density at radius 1 is 1.65 bits per heavy atom. The predicted octanol–water partition coefficient (Wildman–Crippen LogP) is 2.99. The van der Waals surface area contributed by atoms with Gasteiger partial charge >= 0.3 is 0 Å². The maximum absolute atomic E-state index is 11.8. The third-order valence-corrected chi connectivity index (χ3v) is 3.90. The Morgan fingerprint density at radius 2 is 2.41 bits per heavy atom. The number of hydrogen-bond donors (Lipinski definition) is 0. The molecule has 0 aromatic carbocycles. The van der Waals surface area contributed by atoms with Gasteiger partial charge in [-0.25, -0.2) is 0 Å². The second kappa shape index (κ2) is 5.00. The van der Waals surface area contributed by atoms with E-state index in [2.05, 4.69) is 13.5 Å². The fourth-order valence-corrected chi connectivity index (χ4v) is 3.00. The molecule has 3 nitrogen and oxygen atoms in total. The van der Waals surface area contributed by atoms with E-state index in [0.717, 1.165) is 23.5 Å². The second-order valence-corrected chi connectivity index (χ2v) is 5.37. The minimum atomic E-state index is 0.0134. The van der Waals surface area contributed by atoms with Crippen LogP contribution in [0.5, 0.6) is 0 Å². The maximum atomic E-state index is 11.8. The molecule has 1 aliphatic heterocycles. The van der Waals surface area contributed by atoms with Crippen molar-refractivity contribution in [3.05, 3.63) is 35.8 Å². The highest BCUT2D eigenvalue weighted by Gasteiger charge is 2.34. The molecule has 1 aliphatic rings. The van der Waals surface area contributed by atoms with Gasteiger partial charge in [-0.3, -0.25) is 4.79 Å². The smallest absolute Gasteiger partial charge is 0.234 e. The molecule has 1 amide bonds. The van der Waals surface area contributed by atoms with Crippen molar-refractivity contribution < 1.29 is 9.21 Å². The molecule has 1 aromatic heterocycles. The van der Waals surface area contributed by atoms with Gasteiger partial charge in [-0.05, 0) is 19.1 Å². The zero-order chi connectivity index (χ0) is 12.4. The average Bonchev–Trinajstić information content (AvgIpc) is 2.86. The Morgan fingerprint density at radius 3 is 3.00 bits per heavy atom. The number of amides is 1. The molecule has 0 aliphatic carbocycles. The van der Waals surface area contributed by atoms with Gasteiger partial charge in [-0.2, -0.15) is 0 Å². The minimum absolute atomic E-state index is 0.0134. The fourth-order valence-electron chi connectivity index (χ4n) is 1.87. The molecule has 17 heavy (non-hydrogen) atoms. The van der Waals surface area contributed by atoms with E-state index < -0.39 is 0 Å². The van der Waals surface area contributed by atoms with Gasteiger partial charge in [0.15, 0.2) is 0 Å². The molecule has 2 heterocycles. The van der Waals surface area contributed by atoms with Gasteiger partial charge in [-0.1, -0.05) is 19.1 Å². The summed E-state index contributed by atoms with van der Waals surface area (Å²) in [6, 6.07) is 3.96. The summed E-state index contributed by atoms with van der Waals surface area (Å²) in [5.74, 6) is 2.53. The largest absolute Gasteiger partial charge is 0.463 e. The second-order valence-electron chi connectivity index (χ2n) is 4.30. The first-order valence-corrected chi connectivity index (χ1v) is 6.80. The molecule has 1 atom stereocenters. The summed E-state index contributed by atoms with van der Waals surface area (Å²) >= 11 is 1.62. The SMILES string of the molecule is C=C(C)CN1C(=O)CSC1c1ccc(CC)o1. The molecule has 1 saturated heterocycles. The minimum Gasteiger partial charge on any atom is -0.463 e. The summed E-state index contributed by atoms with van der Waals surface area (Å²) in [5.41, 5.74) is 0.994. The van der Waals surface area contributed by atoms with Gasteiger partial charge in [0.05, 0.1) is 5.75 Å². The van der Waals surface area contributed by atoms with Crippen LogP contribution in [0.25, 0.3) is 0 Å². The lowest BCUT2D eigenvalue weighted by Crippen LogP contribution is -2.29. The molecule has 4 heteroatoms. The Hall–Kier alpha value is -1.16. The number of hydrogen-bond acceptors (Lipinski definition) is 3. The highest BCUT2D eigenvalue weighted by Crippen LogP contribution is 2.39. The Balaban J connectivity index is 2.18. The molecule has 0 radical (unpaired) electrons. The summed E-state index contributed by atoms with van der Waals surface area (Å²) in [6.45, 7) is 8.47. The van der Waals surface area contributed by atoms with Crippen LogP contribution in [-0.4, -0.2) is 23.1 Å². The van der Waals surface area contributed by atoms with Gasteiger partial charge in [0.25, 0.3) is 0 Å². The third kappa shape index (κ3) is 2.57. The van der Waals surface area contributed by atoms with Crippen molar-refractivity contribution in [2.75, 3.05) is 12.3 Å². The molecule has 0 saturated carbocycles. The van der Waals surface area contributed by atoms with Crippen molar-refractivity contribution in [1.82, 2.24) is 4.90 Å². The third-order valence-electron chi connectivity index (χ3n) is 2.68. The first kappa shape index (κ1) is 12.3. The van der Waals surface area contributed by atoms with Crippen molar-refractivity contribution in [3.8, 4) is 0 Å². The number of carbonyl (C=O) groups excluding carboxylic acids is 1. The summed E-state index contributed by atoms with van der Waals surface area (Å²) < 4.78 is 5.73. The van der Waals surface area contributed by atoms with Crippen LogP contribution in [0.2, 0.25) is 0 Å². The normalized spacial score (nSPS) is 20.0. The molecule has 1 aromatic rings. The van der Waals surface area contributed by atoms with Crippen molar-refractivity contribution in [2.45, 2.75) is 25.6 Å². The first-order valence-electron chi connectivity index (χ1n) is 5.76. The lowest BCUT2D eigenvalue weighted by molar-refractivity contribution is -0.127. The molecular weight excluding hydrogens is 234 g/mol. The summed E-state index contributed by atoms with van der Waals surface area (Å²) in [6.07, 6.45) is 0.881. The topological polar surface area (TPSA) is 33.5 Å². The highest BCUT2D eigenvalue weighted by molar-refractivity contribution is 8.00. The number of carbonyl (C=O) groups is 1. The van der Waals surface area contributed by atoms with Crippen LogP contribution in [0, 0.1) is 0 Å². The molecule has 1 fully saturated rings. The molecule has 92 valence electrons. The number of furan rings is 1. The summed E-state index contributed by atoms with van der Waals surface area (Å²) in [4.78, 5) is 13.6. The van der Waals surface area contributed by atoms with Crippen LogP contribution in [-0.2, 0) is 11.2 Å². The van der Waals surface area contributed by atoms with Gasteiger partial charge in [0.2, 0.25) is 5.91 Å². The molecule has 0 spiro atoms. The van der Waals surface area contributed by atoms with Crippen LogP contribution >= 0.6 is 11.8 Å². The summed E-state index contributed by atoms with van der Waals surface area (Å²) in [5, 5.41) is 0.0134. The number of rotatable bonds is 4. The lowest BCUT2D eigenvalue weighted by Gasteiger charge is -2.22. The number of thioether (sulfide) groups is 1. The van der Waals surface area contributed by atoms with Crippen LogP contribution in [0.15, 0.2) is 28.7 Å². The van der Waals surface area contributed by atoms with Crippen LogP contribution < -0.4 is 0 Å². The Bertz CT molecular complexity index is 438. The van der Waals surface area contributed by atoms with Crippen molar-refractivity contribution in [2.24, 2.45) is 0 Å². The van der Waals surface area contributed by atoms with E-state index in [1.54, 1.807) is 11.8 Å². The van der Waals surface area contributed by atoms with Gasteiger partial charge < -0.3 is 9.32 Å². The zero-order valence-electron chi connectivity index (χ0n) is 10.2. The summed E-state index contributed by atoms with van der Waals surface area (Å²) in [7, 11) is 0. The van der Waals surface area contributed by atoms with E-state index in [4.69, 9.17) is 4.42 Å². The first-order chi connectivity index (χ1) is 8.11. The number of nitrogens with zero attached hydrogens (tertiary/aromatic N) is 1. The fraction of sp³-hybridized carbons (Fsp3) is 0.462. The van der Waals surface area contributed by atoms with Gasteiger partial charge in [-0.15, -0.1) is 11.8 Å². The van der Waals surface area contributed by atoms with Gasteiger partial charge in [0, 0.05) is 13.0 Å².